The second-order valence-corrected chi connectivity index (χ2v) is 12.5. The quantitative estimate of drug-likeness (QED) is 0.176. The predicted molar refractivity (Wildman–Crippen MR) is 178 cm³/mol. The molecule has 2 N–H and O–H groups in total. The lowest BCUT2D eigenvalue weighted by Gasteiger charge is -2.22. The highest BCUT2D eigenvalue weighted by Gasteiger charge is 2.30. The maximum Gasteiger partial charge on any atom is 0.407 e. The maximum absolute atomic E-state index is 13.7. The van der Waals surface area contributed by atoms with Gasteiger partial charge in [0.2, 0.25) is 5.91 Å². The van der Waals surface area contributed by atoms with E-state index in [1.54, 1.807) is 18.2 Å². The van der Waals surface area contributed by atoms with Crippen LogP contribution in [0, 0.1) is 6.92 Å². The highest BCUT2D eigenvalue weighted by molar-refractivity contribution is 5.98. The Morgan fingerprint density at radius 2 is 1.52 bits per heavy atom. The van der Waals surface area contributed by atoms with Crippen molar-refractivity contribution in [2.75, 3.05) is 11.9 Å². The number of nitrogens with one attached hydrogen (secondary N) is 2. The summed E-state index contributed by atoms with van der Waals surface area (Å²) in [6.45, 7) is 7.86. The second-order valence-electron chi connectivity index (χ2n) is 12.5. The Bertz CT molecular complexity index is 1930. The van der Waals surface area contributed by atoms with Gasteiger partial charge in [-0.2, -0.15) is 0 Å². The number of ether oxygens (including phenoxy) is 2. The Morgan fingerprint density at radius 1 is 0.870 bits per heavy atom. The zero-order chi connectivity index (χ0) is 32.4. The molecule has 8 nitrogen and oxygen atoms in total. The fourth-order valence-electron chi connectivity index (χ4n) is 5.91. The number of aryl methyl sites for hydroxylation is 1. The van der Waals surface area contributed by atoms with Crippen molar-refractivity contribution in [1.82, 2.24) is 5.32 Å². The molecule has 1 aliphatic rings. The lowest BCUT2D eigenvalue weighted by Crippen LogP contribution is -2.45. The Morgan fingerprint density at radius 3 is 2.17 bits per heavy atom. The number of hydrogen-bond acceptors (Lipinski definition) is 6. The van der Waals surface area contributed by atoms with E-state index >= 15 is 0 Å². The van der Waals surface area contributed by atoms with Gasteiger partial charge in [0.05, 0.1) is 0 Å². The first-order valence-electron chi connectivity index (χ1n) is 15.3. The van der Waals surface area contributed by atoms with Gasteiger partial charge >= 0.3 is 11.7 Å². The van der Waals surface area contributed by atoms with Crippen molar-refractivity contribution in [3.05, 3.63) is 130 Å². The highest BCUT2D eigenvalue weighted by atomic mass is 16.5. The van der Waals surface area contributed by atoms with E-state index in [1.807, 2.05) is 76.2 Å². The number of amides is 2. The molecule has 1 atom stereocenters. The summed E-state index contributed by atoms with van der Waals surface area (Å²) in [5.41, 5.74) is 6.02. The van der Waals surface area contributed by atoms with Gasteiger partial charge in [0, 0.05) is 35.5 Å². The van der Waals surface area contributed by atoms with Crippen LogP contribution in [-0.2, 0) is 16.0 Å². The van der Waals surface area contributed by atoms with E-state index < -0.39 is 23.7 Å². The first-order valence-corrected chi connectivity index (χ1v) is 15.3. The Labute approximate surface area is 267 Å². The molecule has 0 saturated carbocycles. The number of carbonyl (C=O) groups excluding carboxylic acids is 2. The SMILES string of the molecule is Cc1cc(=O)oc2cc(NC(=O)[C@H](Cc3ccc(OC(C)(C)C)cc3)NC(=O)OCC3c4ccccc4-c4ccccc43)ccc12. The van der Waals surface area contributed by atoms with Crippen LogP contribution in [0.2, 0.25) is 0 Å². The summed E-state index contributed by atoms with van der Waals surface area (Å²) in [5.74, 6) is 0.143. The molecule has 0 radical (unpaired) electrons. The van der Waals surface area contributed by atoms with Gasteiger partial charge in [-0.05, 0) is 85.3 Å². The number of anilines is 1. The zero-order valence-electron chi connectivity index (χ0n) is 26.3. The van der Waals surface area contributed by atoms with Crippen LogP contribution in [0.1, 0.15) is 48.9 Å². The summed E-state index contributed by atoms with van der Waals surface area (Å²) >= 11 is 0. The van der Waals surface area contributed by atoms with Crippen LogP contribution >= 0.6 is 0 Å². The molecule has 0 saturated heterocycles. The molecule has 0 bridgehead atoms. The topological polar surface area (TPSA) is 107 Å². The summed E-state index contributed by atoms with van der Waals surface area (Å²) in [4.78, 5) is 38.9. The third-order valence-corrected chi connectivity index (χ3v) is 7.96. The van der Waals surface area contributed by atoms with Crippen molar-refractivity contribution in [3.63, 3.8) is 0 Å². The van der Waals surface area contributed by atoms with E-state index in [-0.39, 0.29) is 24.5 Å². The number of benzene rings is 4. The van der Waals surface area contributed by atoms with Gasteiger partial charge in [-0.25, -0.2) is 9.59 Å². The van der Waals surface area contributed by atoms with Crippen molar-refractivity contribution < 1.29 is 23.5 Å². The summed E-state index contributed by atoms with van der Waals surface area (Å²) in [5, 5.41) is 6.42. The van der Waals surface area contributed by atoms with Gasteiger partial charge in [-0.3, -0.25) is 4.79 Å². The lowest BCUT2D eigenvalue weighted by atomic mass is 9.98. The van der Waals surface area contributed by atoms with E-state index in [0.29, 0.717) is 17.0 Å². The monoisotopic (exact) mass is 616 g/mol. The minimum absolute atomic E-state index is 0.114. The molecular weight excluding hydrogens is 580 g/mol. The van der Waals surface area contributed by atoms with Crippen molar-refractivity contribution in [1.29, 1.82) is 0 Å². The minimum Gasteiger partial charge on any atom is -0.488 e. The van der Waals surface area contributed by atoms with Gasteiger partial charge in [0.1, 0.15) is 29.6 Å². The second kappa shape index (κ2) is 12.6. The number of carbonyl (C=O) groups is 2. The summed E-state index contributed by atoms with van der Waals surface area (Å²) in [6.07, 6.45) is -0.497. The van der Waals surface area contributed by atoms with Crippen LogP contribution in [0.15, 0.2) is 106 Å². The van der Waals surface area contributed by atoms with Crippen molar-refractivity contribution >= 4 is 28.7 Å². The van der Waals surface area contributed by atoms with Crippen LogP contribution < -0.4 is 21.0 Å². The minimum atomic E-state index is -0.967. The fourth-order valence-corrected chi connectivity index (χ4v) is 5.91. The molecule has 46 heavy (non-hydrogen) atoms. The molecule has 5 aromatic rings. The molecule has 2 amide bonds. The molecule has 4 aromatic carbocycles. The average Bonchev–Trinajstić information content (AvgIpc) is 3.33. The summed E-state index contributed by atoms with van der Waals surface area (Å²) in [7, 11) is 0. The average molecular weight is 617 g/mol. The molecule has 0 aliphatic heterocycles. The maximum atomic E-state index is 13.7. The van der Waals surface area contributed by atoms with Gasteiger partial charge < -0.3 is 24.5 Å². The van der Waals surface area contributed by atoms with Crippen molar-refractivity contribution in [2.24, 2.45) is 0 Å². The molecule has 1 aromatic heterocycles. The summed E-state index contributed by atoms with van der Waals surface area (Å²) < 4.78 is 17.1. The Kier molecular flexibility index (Phi) is 8.37. The predicted octanol–water partition coefficient (Wildman–Crippen LogP) is 7.37. The van der Waals surface area contributed by atoms with Gasteiger partial charge in [0.25, 0.3) is 0 Å². The first-order chi connectivity index (χ1) is 22.0. The molecule has 234 valence electrons. The molecule has 8 heteroatoms. The van der Waals surface area contributed by atoms with Crippen LogP contribution in [0.25, 0.3) is 22.1 Å². The highest BCUT2D eigenvalue weighted by Crippen LogP contribution is 2.44. The smallest absolute Gasteiger partial charge is 0.407 e. The fraction of sp³-hybridized carbons (Fsp3) is 0.237. The van der Waals surface area contributed by atoms with E-state index in [2.05, 4.69) is 34.9 Å². The van der Waals surface area contributed by atoms with E-state index in [1.165, 1.54) is 6.07 Å². The van der Waals surface area contributed by atoms with Crippen molar-refractivity contribution in [2.45, 2.75) is 51.7 Å². The van der Waals surface area contributed by atoms with E-state index in [4.69, 9.17) is 13.9 Å². The first kappa shape index (κ1) is 30.6. The number of hydrogen-bond donors (Lipinski definition) is 2. The van der Waals surface area contributed by atoms with Crippen LogP contribution in [0.5, 0.6) is 5.75 Å². The third-order valence-electron chi connectivity index (χ3n) is 7.96. The third kappa shape index (κ3) is 6.81. The Hall–Kier alpha value is -5.37. The number of fused-ring (bicyclic) bond motifs is 4. The molecule has 1 heterocycles. The van der Waals surface area contributed by atoms with Crippen LogP contribution in [0.3, 0.4) is 0 Å². The largest absolute Gasteiger partial charge is 0.488 e. The van der Waals surface area contributed by atoms with Crippen LogP contribution in [-0.4, -0.2) is 30.3 Å². The molecule has 0 spiro atoms. The van der Waals surface area contributed by atoms with Crippen LogP contribution in [0.4, 0.5) is 10.5 Å². The van der Waals surface area contributed by atoms with Gasteiger partial charge in [-0.1, -0.05) is 60.7 Å². The molecule has 1 aliphatic carbocycles. The number of alkyl carbamates (subject to hydrolysis) is 1. The normalized spacial score (nSPS) is 13.0. The molecule has 0 fully saturated rings. The molecule has 0 unspecified atom stereocenters. The lowest BCUT2D eigenvalue weighted by molar-refractivity contribution is -0.118. The molecular formula is C38H36N2O6. The summed E-state index contributed by atoms with van der Waals surface area (Å²) in [6, 6.07) is 29.2. The van der Waals surface area contributed by atoms with E-state index in [9.17, 15) is 14.4 Å². The standard InChI is InChI=1S/C38H36N2O6/c1-23-19-35(41)45-34-21-25(15-18-27(23)34)39-36(42)33(20-24-13-16-26(17-14-24)46-38(2,3)4)40-37(43)44-22-32-30-11-7-5-9-28(30)29-10-6-8-12-31(29)32/h5-19,21,32-33H,20,22H2,1-4H3,(H,39,42)(H,40,43)/t33-/m0/s1. The van der Waals surface area contributed by atoms with Gasteiger partial charge in [-0.15, -0.1) is 0 Å². The zero-order valence-corrected chi connectivity index (χ0v) is 26.3. The number of rotatable bonds is 8. The van der Waals surface area contributed by atoms with E-state index in [0.717, 1.165) is 38.8 Å². The van der Waals surface area contributed by atoms with Crippen molar-refractivity contribution in [3.8, 4) is 16.9 Å². The molecule has 6 rings (SSSR count). The Balaban J connectivity index is 1.20. The van der Waals surface area contributed by atoms with Gasteiger partial charge in [0.15, 0.2) is 0 Å².